The van der Waals surface area contributed by atoms with E-state index in [1.165, 1.54) is 35.9 Å². The van der Waals surface area contributed by atoms with Crippen LogP contribution in [0.15, 0.2) is 29.4 Å². The predicted octanol–water partition coefficient (Wildman–Crippen LogP) is 3.72. The van der Waals surface area contributed by atoms with Crippen molar-refractivity contribution in [1.82, 2.24) is 19.9 Å². The summed E-state index contributed by atoms with van der Waals surface area (Å²) in [7, 11) is 0. The molecule has 2 N–H and O–H groups in total. The summed E-state index contributed by atoms with van der Waals surface area (Å²) < 4.78 is 11.5. The van der Waals surface area contributed by atoms with Gasteiger partial charge in [0, 0.05) is 42.3 Å². The molecule has 0 amide bonds. The summed E-state index contributed by atoms with van der Waals surface area (Å²) in [5, 5.41) is 5.65. The Morgan fingerprint density at radius 2 is 1.91 bits per heavy atom. The number of H-pyrrole nitrogens is 1. The van der Waals surface area contributed by atoms with Crippen LogP contribution in [0, 0.1) is 13.8 Å². The monoisotopic (exact) mass is 477 g/mol. The van der Waals surface area contributed by atoms with Gasteiger partial charge in [-0.2, -0.15) is 15.1 Å². The molecule has 4 heterocycles. The summed E-state index contributed by atoms with van der Waals surface area (Å²) >= 11 is 0. The maximum atomic E-state index is 6.00. The van der Waals surface area contributed by atoms with Crippen molar-refractivity contribution in [1.29, 1.82) is 0 Å². The molecule has 2 saturated heterocycles. The van der Waals surface area contributed by atoms with Crippen molar-refractivity contribution < 1.29 is 9.47 Å². The Balaban J connectivity index is 1.29. The molecular weight excluding hydrogens is 442 g/mol. The molecule has 0 spiro atoms. The summed E-state index contributed by atoms with van der Waals surface area (Å²) in [5.74, 6) is 0.845. The highest BCUT2D eigenvalue weighted by atomic mass is 16.5. The van der Waals surface area contributed by atoms with Crippen molar-refractivity contribution in [2.75, 3.05) is 62.9 Å². The van der Waals surface area contributed by atoms with Crippen LogP contribution in [-0.4, -0.2) is 78.6 Å². The molecule has 0 aliphatic carbocycles. The lowest BCUT2D eigenvalue weighted by Crippen LogP contribution is -2.37. The number of hydrogen-bond acceptors (Lipinski definition) is 8. The SMILES string of the molecule is Cc1[nH]c2ccc(NN=Cc3cc(N4CCOCC4)nc(OCCN4CCCCC4)n3)cc2c1C. The number of piperidine rings is 1. The van der Waals surface area contributed by atoms with Crippen molar-refractivity contribution in [3.05, 3.63) is 41.2 Å². The number of anilines is 2. The molecule has 2 aromatic heterocycles. The van der Waals surface area contributed by atoms with Gasteiger partial charge in [-0.3, -0.25) is 10.3 Å². The average molecular weight is 478 g/mol. The number of hydrazone groups is 1. The standard InChI is InChI=1S/C26H35N7O2/c1-19-20(2)28-24-7-6-21(16-23(19)24)31-27-18-22-17-25(33-11-13-34-14-12-33)30-26(29-22)35-15-10-32-8-4-3-5-9-32/h6-7,16-18,28,31H,3-5,8-15H2,1-2H3. The fourth-order valence-electron chi connectivity index (χ4n) is 4.67. The van der Waals surface area contributed by atoms with Crippen LogP contribution in [-0.2, 0) is 4.74 Å². The molecule has 1 aromatic carbocycles. The van der Waals surface area contributed by atoms with Crippen LogP contribution < -0.4 is 15.1 Å². The number of aryl methyl sites for hydroxylation is 2. The van der Waals surface area contributed by atoms with Gasteiger partial charge in [-0.15, -0.1) is 0 Å². The van der Waals surface area contributed by atoms with Gasteiger partial charge in [0.25, 0.3) is 0 Å². The lowest BCUT2D eigenvalue weighted by atomic mass is 10.1. The second-order valence-electron chi connectivity index (χ2n) is 9.29. The van der Waals surface area contributed by atoms with E-state index in [0.29, 0.717) is 31.5 Å². The van der Waals surface area contributed by atoms with Gasteiger partial charge in [-0.05, 0) is 63.5 Å². The highest BCUT2D eigenvalue weighted by Gasteiger charge is 2.16. The number of rotatable bonds is 8. The van der Waals surface area contributed by atoms with Gasteiger partial charge >= 0.3 is 6.01 Å². The summed E-state index contributed by atoms with van der Waals surface area (Å²) in [6, 6.07) is 8.55. The van der Waals surface area contributed by atoms with Crippen LogP contribution in [0.25, 0.3) is 10.9 Å². The van der Waals surface area contributed by atoms with Gasteiger partial charge < -0.3 is 19.4 Å². The molecule has 35 heavy (non-hydrogen) atoms. The number of morpholine rings is 1. The Morgan fingerprint density at radius 1 is 1.09 bits per heavy atom. The molecule has 0 radical (unpaired) electrons. The maximum absolute atomic E-state index is 6.00. The molecule has 3 aromatic rings. The lowest BCUT2D eigenvalue weighted by molar-refractivity contribution is 0.122. The fourth-order valence-corrected chi connectivity index (χ4v) is 4.67. The van der Waals surface area contributed by atoms with E-state index < -0.39 is 0 Å². The minimum absolute atomic E-state index is 0.396. The first kappa shape index (κ1) is 23.6. The van der Waals surface area contributed by atoms with Crippen molar-refractivity contribution >= 4 is 28.6 Å². The number of nitrogens with zero attached hydrogens (tertiary/aromatic N) is 5. The Morgan fingerprint density at radius 3 is 2.74 bits per heavy atom. The molecule has 0 unspecified atom stereocenters. The lowest BCUT2D eigenvalue weighted by Gasteiger charge is -2.28. The van der Waals surface area contributed by atoms with Crippen LogP contribution in [0.2, 0.25) is 0 Å². The Hall–Kier alpha value is -3.17. The minimum atomic E-state index is 0.396. The van der Waals surface area contributed by atoms with E-state index in [9.17, 15) is 0 Å². The fraction of sp³-hybridized carbons (Fsp3) is 0.500. The van der Waals surface area contributed by atoms with Crippen LogP contribution in [0.1, 0.15) is 36.2 Å². The van der Waals surface area contributed by atoms with Crippen LogP contribution in [0.3, 0.4) is 0 Å². The zero-order valence-electron chi connectivity index (χ0n) is 20.7. The summed E-state index contributed by atoms with van der Waals surface area (Å²) in [5.41, 5.74) is 8.34. The summed E-state index contributed by atoms with van der Waals surface area (Å²) in [4.78, 5) is 17.4. The van der Waals surface area contributed by atoms with Crippen LogP contribution >= 0.6 is 0 Å². The molecule has 0 saturated carbocycles. The molecule has 5 rings (SSSR count). The summed E-state index contributed by atoms with van der Waals surface area (Å²) in [6.45, 7) is 11.0. The summed E-state index contributed by atoms with van der Waals surface area (Å²) in [6.07, 6.45) is 5.60. The number of fused-ring (bicyclic) bond motifs is 1. The first-order valence-corrected chi connectivity index (χ1v) is 12.6. The maximum Gasteiger partial charge on any atom is 0.319 e. The highest BCUT2D eigenvalue weighted by molar-refractivity contribution is 5.87. The molecule has 2 aliphatic heterocycles. The first-order valence-electron chi connectivity index (χ1n) is 12.6. The van der Waals surface area contributed by atoms with E-state index in [1.54, 1.807) is 6.21 Å². The van der Waals surface area contributed by atoms with Crippen molar-refractivity contribution in [2.45, 2.75) is 33.1 Å². The topological polar surface area (TPSA) is 90.9 Å². The zero-order valence-corrected chi connectivity index (χ0v) is 20.7. The molecule has 9 nitrogen and oxygen atoms in total. The van der Waals surface area contributed by atoms with Crippen LogP contribution in [0.4, 0.5) is 11.5 Å². The van der Waals surface area contributed by atoms with Crippen molar-refractivity contribution in [3.63, 3.8) is 0 Å². The number of aromatic nitrogens is 3. The second-order valence-corrected chi connectivity index (χ2v) is 9.29. The van der Waals surface area contributed by atoms with E-state index in [2.05, 4.69) is 61.3 Å². The molecular formula is C26H35N7O2. The average Bonchev–Trinajstić information content (AvgIpc) is 3.18. The Kier molecular flexibility index (Phi) is 7.44. The second kappa shape index (κ2) is 11.0. The van der Waals surface area contributed by atoms with Gasteiger partial charge in [0.1, 0.15) is 12.4 Å². The Bertz CT molecular complexity index is 1160. The van der Waals surface area contributed by atoms with Gasteiger partial charge in [0.2, 0.25) is 0 Å². The quantitative estimate of drug-likeness (QED) is 0.377. The molecule has 186 valence electrons. The molecule has 0 atom stereocenters. The van der Waals surface area contributed by atoms with E-state index >= 15 is 0 Å². The Labute approximate surface area is 206 Å². The number of aromatic amines is 1. The highest BCUT2D eigenvalue weighted by Crippen LogP contribution is 2.24. The predicted molar refractivity (Wildman–Crippen MR) is 140 cm³/mol. The number of likely N-dealkylation sites (tertiary alicyclic amines) is 1. The third-order valence-electron chi connectivity index (χ3n) is 6.83. The molecule has 2 fully saturated rings. The first-order chi connectivity index (χ1) is 17.2. The number of hydrogen-bond donors (Lipinski definition) is 2. The van der Waals surface area contributed by atoms with E-state index in [1.807, 2.05) is 12.1 Å². The smallest absolute Gasteiger partial charge is 0.319 e. The van der Waals surface area contributed by atoms with E-state index in [4.69, 9.17) is 9.47 Å². The van der Waals surface area contributed by atoms with E-state index in [0.717, 1.165) is 49.7 Å². The van der Waals surface area contributed by atoms with Gasteiger partial charge in [-0.1, -0.05) is 6.42 Å². The van der Waals surface area contributed by atoms with Crippen molar-refractivity contribution in [3.8, 4) is 6.01 Å². The molecule has 9 heteroatoms. The number of nitrogens with one attached hydrogen (secondary N) is 2. The third-order valence-corrected chi connectivity index (χ3v) is 6.83. The number of benzene rings is 1. The molecule has 2 aliphatic rings. The third kappa shape index (κ3) is 5.91. The zero-order chi connectivity index (χ0) is 24.0. The van der Waals surface area contributed by atoms with E-state index in [-0.39, 0.29) is 0 Å². The van der Waals surface area contributed by atoms with Crippen molar-refractivity contribution in [2.24, 2.45) is 5.10 Å². The number of ether oxygens (including phenoxy) is 2. The van der Waals surface area contributed by atoms with Gasteiger partial charge in [-0.25, -0.2) is 0 Å². The molecule has 0 bridgehead atoms. The van der Waals surface area contributed by atoms with Crippen LogP contribution in [0.5, 0.6) is 6.01 Å². The largest absolute Gasteiger partial charge is 0.462 e. The van der Waals surface area contributed by atoms with Gasteiger partial charge in [0.15, 0.2) is 0 Å². The van der Waals surface area contributed by atoms with Gasteiger partial charge in [0.05, 0.1) is 30.8 Å². The minimum Gasteiger partial charge on any atom is -0.462 e. The normalized spacial score (nSPS) is 17.4.